The second-order valence-electron chi connectivity index (χ2n) is 25.0. The van der Waals surface area contributed by atoms with Gasteiger partial charge in [0.15, 0.2) is 23.0 Å². The van der Waals surface area contributed by atoms with Crippen LogP contribution in [-0.4, -0.2) is 245 Å². The van der Waals surface area contributed by atoms with E-state index in [0.29, 0.717) is 176 Å². The zero-order valence-corrected chi connectivity index (χ0v) is 58.2. The first-order chi connectivity index (χ1) is 49.1. The predicted molar refractivity (Wildman–Crippen MR) is 370 cm³/mol. The van der Waals surface area contributed by atoms with E-state index in [0.717, 1.165) is 22.5 Å². The van der Waals surface area contributed by atoms with Gasteiger partial charge in [-0.3, -0.25) is 48.2 Å². The van der Waals surface area contributed by atoms with Crippen LogP contribution in [0.3, 0.4) is 0 Å². The van der Waals surface area contributed by atoms with Gasteiger partial charge in [0.05, 0.1) is 168 Å². The van der Waals surface area contributed by atoms with Crippen LogP contribution in [0.5, 0.6) is 23.0 Å². The van der Waals surface area contributed by atoms with Crippen molar-refractivity contribution in [1.82, 2.24) is 30.7 Å². The number of benzene rings is 3. The lowest BCUT2D eigenvalue weighted by molar-refractivity contribution is -0.137. The highest BCUT2D eigenvalue weighted by molar-refractivity contribution is 6.13. The summed E-state index contributed by atoms with van der Waals surface area (Å²) >= 11 is 0. The van der Waals surface area contributed by atoms with Crippen molar-refractivity contribution in [1.29, 1.82) is 0 Å². The zero-order chi connectivity index (χ0) is 71.5. The van der Waals surface area contributed by atoms with Crippen molar-refractivity contribution in [2.24, 2.45) is 16.8 Å². The van der Waals surface area contributed by atoms with Gasteiger partial charge in [-0.15, -0.1) is 0 Å². The molecular formula is C72H95N9O20. The van der Waals surface area contributed by atoms with E-state index in [1.165, 1.54) is 37.7 Å². The lowest BCUT2D eigenvalue weighted by atomic mass is 10.0. The van der Waals surface area contributed by atoms with Crippen LogP contribution >= 0.6 is 0 Å². The van der Waals surface area contributed by atoms with Crippen molar-refractivity contribution in [2.45, 2.75) is 89.9 Å². The first-order valence-electron chi connectivity index (χ1n) is 34.6. The van der Waals surface area contributed by atoms with Gasteiger partial charge >= 0.3 is 0 Å². The normalized spacial score (nSPS) is 17.3. The van der Waals surface area contributed by atoms with E-state index in [9.17, 15) is 38.4 Å². The molecule has 548 valence electrons. The van der Waals surface area contributed by atoms with Gasteiger partial charge in [0, 0.05) is 87.5 Å². The van der Waals surface area contributed by atoms with Gasteiger partial charge in [0.1, 0.15) is 12.1 Å². The fourth-order valence-corrected chi connectivity index (χ4v) is 11.5. The lowest BCUT2D eigenvalue weighted by Crippen LogP contribution is -2.53. The van der Waals surface area contributed by atoms with Crippen molar-refractivity contribution in [3.8, 4) is 23.0 Å². The van der Waals surface area contributed by atoms with Crippen LogP contribution in [0, 0.1) is 11.8 Å². The number of nitrogens with zero attached hydrogens (tertiary/aromatic N) is 4. The molecule has 9 rings (SSSR count). The first-order valence-corrected chi connectivity index (χ1v) is 34.6. The second-order valence-corrected chi connectivity index (χ2v) is 25.0. The Labute approximate surface area is 588 Å². The molecular weight excluding hydrogens is 1310 g/mol. The molecule has 0 saturated heterocycles. The van der Waals surface area contributed by atoms with E-state index in [1.54, 1.807) is 74.1 Å². The molecule has 0 spiro atoms. The molecule has 29 heteroatoms. The van der Waals surface area contributed by atoms with Crippen molar-refractivity contribution in [2.75, 3.05) is 163 Å². The number of ether oxygens (including phenoxy) is 12. The summed E-state index contributed by atoms with van der Waals surface area (Å²) in [5.41, 5.74) is 5.72. The minimum absolute atomic E-state index is 0.0181. The molecule has 101 heavy (non-hydrogen) atoms. The lowest BCUT2D eigenvalue weighted by Gasteiger charge is -2.24. The number of aliphatic imine (C=N–C) groups is 1. The van der Waals surface area contributed by atoms with Crippen LogP contribution in [0.2, 0.25) is 0 Å². The number of nitrogens with one attached hydrogen (secondary N) is 5. The van der Waals surface area contributed by atoms with Gasteiger partial charge in [-0.05, 0) is 85.4 Å². The Bertz CT molecular complexity index is 3450. The fourth-order valence-electron chi connectivity index (χ4n) is 11.5. The van der Waals surface area contributed by atoms with Gasteiger partial charge in [-0.25, -0.2) is 0 Å². The summed E-state index contributed by atoms with van der Waals surface area (Å²) in [5.74, 6) is -0.623. The Morgan fingerprint density at radius 2 is 1.14 bits per heavy atom. The third-order valence-corrected chi connectivity index (χ3v) is 17.2. The maximum Gasteiger partial charge on any atom is 0.260 e. The summed E-state index contributed by atoms with van der Waals surface area (Å²) in [6, 6.07) is 12.1. The van der Waals surface area contributed by atoms with Crippen molar-refractivity contribution < 1.29 is 95.2 Å². The topological polar surface area (TPSA) is 330 Å². The van der Waals surface area contributed by atoms with Gasteiger partial charge in [0.25, 0.3) is 23.6 Å². The van der Waals surface area contributed by atoms with Crippen LogP contribution in [0.15, 0.2) is 83.6 Å². The summed E-state index contributed by atoms with van der Waals surface area (Å²) in [6.45, 7) is 12.2. The smallest absolute Gasteiger partial charge is 0.260 e. The minimum Gasteiger partial charge on any atom is -0.493 e. The molecule has 0 unspecified atom stereocenters. The molecule has 1 aliphatic carbocycles. The SMILES string of the molecule is COc1cc2c(cc1OCCCOc1cc3c(cc1OC)C(=O)N1C=C(c4ccc(NC(=O)[C@H](C)NC(=O)[C@@H](NC(=O)CCOCCOCCOCCOCCOCCOCCOCCOCCNC(=O)CCN5C(=O)C=CC5=O)C(C)C)cc4)C[C@H]1CN3)N=C[C@@H]1CC(C3CC3)=CN1C2=O. The van der Waals surface area contributed by atoms with Gasteiger partial charge in [-0.2, -0.15) is 0 Å². The number of amides is 8. The molecule has 3 aromatic carbocycles. The molecule has 6 aliphatic rings. The van der Waals surface area contributed by atoms with Gasteiger partial charge in [0.2, 0.25) is 23.6 Å². The highest BCUT2D eigenvalue weighted by Crippen LogP contribution is 2.45. The van der Waals surface area contributed by atoms with Crippen LogP contribution in [-0.2, 0) is 66.7 Å². The van der Waals surface area contributed by atoms with Crippen molar-refractivity contribution in [3.63, 3.8) is 0 Å². The van der Waals surface area contributed by atoms with Crippen LogP contribution in [0.1, 0.15) is 92.0 Å². The molecule has 1 fully saturated rings. The van der Waals surface area contributed by atoms with Crippen molar-refractivity contribution in [3.05, 3.63) is 95.3 Å². The summed E-state index contributed by atoms with van der Waals surface area (Å²) < 4.78 is 67.8. The molecule has 0 aromatic heterocycles. The van der Waals surface area contributed by atoms with Crippen LogP contribution in [0.25, 0.3) is 5.57 Å². The molecule has 5 N–H and O–H groups in total. The summed E-state index contributed by atoms with van der Waals surface area (Å²) in [7, 11) is 3.07. The predicted octanol–water partition coefficient (Wildman–Crippen LogP) is 5.00. The van der Waals surface area contributed by atoms with Gasteiger partial charge in [-0.1, -0.05) is 26.0 Å². The van der Waals surface area contributed by atoms with E-state index in [2.05, 4.69) is 26.6 Å². The molecule has 29 nitrogen and oxygen atoms in total. The third-order valence-electron chi connectivity index (χ3n) is 17.2. The van der Waals surface area contributed by atoms with E-state index in [-0.39, 0.29) is 87.4 Å². The maximum atomic E-state index is 14.2. The molecule has 0 radical (unpaired) electrons. The molecule has 8 amide bonds. The number of anilines is 2. The summed E-state index contributed by atoms with van der Waals surface area (Å²) in [5, 5.41) is 14.5. The quantitative estimate of drug-likeness (QED) is 0.0367. The molecule has 3 aromatic rings. The minimum atomic E-state index is -0.931. The highest BCUT2D eigenvalue weighted by atomic mass is 16.6. The van der Waals surface area contributed by atoms with Crippen LogP contribution in [0.4, 0.5) is 17.1 Å². The number of rotatable bonds is 46. The molecule has 5 heterocycles. The Kier molecular flexibility index (Phi) is 29.8. The van der Waals surface area contributed by atoms with Crippen LogP contribution < -0.4 is 45.5 Å². The highest BCUT2D eigenvalue weighted by Gasteiger charge is 2.39. The summed E-state index contributed by atoms with van der Waals surface area (Å²) in [4.78, 5) is 112. The largest absolute Gasteiger partial charge is 0.493 e. The standard InChI is InChI=1S/C72H95N9O20/c1-47(2)68(78-65(83)16-21-92-23-25-94-27-29-96-31-33-98-35-36-99-34-32-97-30-28-95-26-24-93-22-17-73-64(82)15-18-79-66(84)13-14-67(79)85)70(87)76-48(3)69(86)77-53-11-9-50(10-12-53)52-38-55-44-75-59-42-63(61(91-5)40-57(59)72(89)81(55)46-52)101-20-6-19-100-62-41-58-56(39-60(62)90-4)71(88)80-45-51(49-7-8-49)37-54(80)43-74-58/h9-14,39-43,45-49,54-55,68,75H,6-8,15-38,44H2,1-5H3,(H,73,82)(H,76,87)(H,77,86)(H,78,83)/t48-,54-,55-,68-/m0/s1. The van der Waals surface area contributed by atoms with Crippen molar-refractivity contribution >= 4 is 76.1 Å². The average molecular weight is 1410 g/mol. The van der Waals surface area contributed by atoms with Gasteiger partial charge < -0.3 is 93.2 Å². The molecule has 5 aliphatic heterocycles. The maximum absolute atomic E-state index is 14.2. The summed E-state index contributed by atoms with van der Waals surface area (Å²) in [6.07, 6.45) is 12.4. The number of carbonyl (C=O) groups is 8. The van der Waals surface area contributed by atoms with E-state index in [4.69, 9.17) is 61.8 Å². The number of imide groups is 1. The monoisotopic (exact) mass is 1410 g/mol. The second kappa shape index (κ2) is 39.4. The number of carbonyl (C=O) groups excluding carboxylic acids is 8. The molecule has 4 atom stereocenters. The molecule has 0 bridgehead atoms. The zero-order valence-electron chi connectivity index (χ0n) is 58.2. The first kappa shape index (κ1) is 76.4. The van der Waals surface area contributed by atoms with E-state index < -0.39 is 35.7 Å². The fraction of sp³-hybridized carbons (Fsp3) is 0.542. The molecule has 1 saturated carbocycles. The van der Waals surface area contributed by atoms with E-state index >= 15 is 0 Å². The average Bonchev–Trinajstić information content (AvgIpc) is 1.69. The number of methoxy groups -OCH3 is 2. The Hall–Kier alpha value is -8.81. The Morgan fingerprint density at radius 3 is 1.71 bits per heavy atom. The Morgan fingerprint density at radius 1 is 0.584 bits per heavy atom. The number of hydrogen-bond donors (Lipinski definition) is 5. The number of hydrogen-bond acceptors (Lipinski definition) is 22. The Balaban J connectivity index is 0.570. The number of fused-ring (bicyclic) bond motifs is 4. The third kappa shape index (κ3) is 22.8. The van der Waals surface area contributed by atoms with E-state index in [1.807, 2.05) is 30.7 Å².